The second kappa shape index (κ2) is 35.9. The number of nitrogens with two attached hydrogens (primary N) is 1. The Morgan fingerprint density at radius 3 is 0.902 bits per heavy atom. The number of hydrogen-bond donors (Lipinski definition) is 1. The molecular formula is C37H61NO13. The van der Waals surface area contributed by atoms with Crippen LogP contribution < -0.4 is 10.5 Å². The zero-order valence-corrected chi connectivity index (χ0v) is 30.3. The SMILES string of the molecule is Nc1ccccc1OCCOCCOCCOCCOCCOCCOCCOCCOCCOCCOCCOCCOCc1ccccc1. The molecule has 0 aliphatic rings. The van der Waals surface area contributed by atoms with Crippen LogP contribution in [0.1, 0.15) is 5.56 Å². The van der Waals surface area contributed by atoms with Crippen molar-refractivity contribution < 1.29 is 61.6 Å². The number of nitrogen functional groups attached to an aromatic ring is 1. The Kier molecular flexibility index (Phi) is 31.5. The first-order valence-electron chi connectivity index (χ1n) is 17.8. The summed E-state index contributed by atoms with van der Waals surface area (Å²) in [6, 6.07) is 17.5. The first-order valence-corrected chi connectivity index (χ1v) is 17.8. The third kappa shape index (κ3) is 29.8. The zero-order valence-electron chi connectivity index (χ0n) is 30.3. The molecule has 0 aromatic heterocycles. The molecule has 14 heteroatoms. The molecule has 0 amide bonds. The smallest absolute Gasteiger partial charge is 0.142 e. The quantitative estimate of drug-likeness (QED) is 0.0795. The molecule has 2 aromatic carbocycles. The topological polar surface area (TPSA) is 146 Å². The van der Waals surface area contributed by atoms with Crippen molar-refractivity contribution in [1.29, 1.82) is 0 Å². The van der Waals surface area contributed by atoms with E-state index in [2.05, 4.69) is 0 Å². The Hall–Kier alpha value is -2.44. The van der Waals surface area contributed by atoms with Gasteiger partial charge in [-0.2, -0.15) is 0 Å². The van der Waals surface area contributed by atoms with Crippen LogP contribution in [-0.2, 0) is 63.4 Å². The average molecular weight is 728 g/mol. The van der Waals surface area contributed by atoms with Gasteiger partial charge in [0.1, 0.15) is 12.4 Å². The number of hydrogen-bond acceptors (Lipinski definition) is 14. The molecule has 0 saturated carbocycles. The van der Waals surface area contributed by atoms with Gasteiger partial charge in [0.05, 0.1) is 164 Å². The number of benzene rings is 2. The highest BCUT2D eigenvalue weighted by atomic mass is 16.6. The summed E-state index contributed by atoms with van der Waals surface area (Å²) in [5, 5.41) is 0. The molecule has 0 bridgehead atoms. The Balaban J connectivity index is 1.13. The summed E-state index contributed by atoms with van der Waals surface area (Å²) >= 11 is 0. The highest BCUT2D eigenvalue weighted by Crippen LogP contribution is 2.19. The Morgan fingerprint density at radius 1 is 0.294 bits per heavy atom. The van der Waals surface area contributed by atoms with E-state index in [0.717, 1.165) is 5.56 Å². The lowest BCUT2D eigenvalue weighted by atomic mass is 10.2. The van der Waals surface area contributed by atoms with Crippen molar-refractivity contribution in [3.63, 3.8) is 0 Å². The van der Waals surface area contributed by atoms with Crippen LogP contribution in [-0.4, -0.2) is 159 Å². The van der Waals surface area contributed by atoms with Gasteiger partial charge in [-0.05, 0) is 17.7 Å². The molecule has 14 nitrogen and oxygen atoms in total. The fourth-order valence-corrected chi connectivity index (χ4v) is 4.01. The van der Waals surface area contributed by atoms with Gasteiger partial charge in [-0.25, -0.2) is 0 Å². The Morgan fingerprint density at radius 2 is 0.569 bits per heavy atom. The van der Waals surface area contributed by atoms with Crippen molar-refractivity contribution in [2.24, 2.45) is 0 Å². The molecule has 0 heterocycles. The Labute approximate surface area is 303 Å². The molecule has 51 heavy (non-hydrogen) atoms. The van der Waals surface area contributed by atoms with Crippen LogP contribution in [0.2, 0.25) is 0 Å². The maximum atomic E-state index is 5.82. The first kappa shape index (κ1) is 44.7. The van der Waals surface area contributed by atoms with Crippen LogP contribution in [0, 0.1) is 0 Å². The number of ether oxygens (including phenoxy) is 13. The monoisotopic (exact) mass is 727 g/mol. The summed E-state index contributed by atoms with van der Waals surface area (Å²) < 4.78 is 71.5. The maximum Gasteiger partial charge on any atom is 0.142 e. The lowest BCUT2D eigenvalue weighted by Crippen LogP contribution is -2.15. The molecule has 0 aliphatic heterocycles. The summed E-state index contributed by atoms with van der Waals surface area (Å²) in [5.74, 6) is 0.667. The molecule has 0 spiro atoms. The standard InChI is InChI=1S/C37H61NO13/c38-36-8-4-5-9-37(36)51-33-32-49-29-28-47-25-24-45-21-20-43-17-16-41-13-12-39-10-11-40-14-15-42-18-19-44-22-23-46-26-27-48-30-31-50-34-35-6-2-1-3-7-35/h1-9H,10-34,38H2. The maximum absolute atomic E-state index is 5.82. The molecule has 2 rings (SSSR count). The van der Waals surface area contributed by atoms with Crippen LogP contribution in [0.5, 0.6) is 5.75 Å². The molecule has 0 unspecified atom stereocenters. The second-order valence-electron chi connectivity index (χ2n) is 10.7. The second-order valence-corrected chi connectivity index (χ2v) is 10.7. The summed E-state index contributed by atoms with van der Waals surface area (Å²) in [5.41, 5.74) is 7.60. The van der Waals surface area contributed by atoms with E-state index < -0.39 is 0 Å². The van der Waals surface area contributed by atoms with Crippen molar-refractivity contribution >= 4 is 5.69 Å². The van der Waals surface area contributed by atoms with Crippen molar-refractivity contribution in [2.45, 2.75) is 6.61 Å². The van der Waals surface area contributed by atoms with Crippen molar-refractivity contribution in [2.75, 3.05) is 164 Å². The molecule has 0 radical (unpaired) electrons. The number of rotatable bonds is 39. The number of anilines is 1. The third-order valence-corrected chi connectivity index (χ3v) is 6.61. The van der Waals surface area contributed by atoms with Gasteiger partial charge >= 0.3 is 0 Å². The van der Waals surface area contributed by atoms with Crippen LogP contribution in [0.25, 0.3) is 0 Å². The first-order chi connectivity index (χ1) is 25.4. The van der Waals surface area contributed by atoms with E-state index in [9.17, 15) is 0 Å². The molecule has 0 aliphatic carbocycles. The van der Waals surface area contributed by atoms with E-state index in [1.807, 2.05) is 48.5 Å². The number of para-hydroxylation sites is 2. The minimum Gasteiger partial charge on any atom is -0.489 e. The van der Waals surface area contributed by atoms with Gasteiger partial charge in [0.15, 0.2) is 0 Å². The van der Waals surface area contributed by atoms with Gasteiger partial charge in [0.25, 0.3) is 0 Å². The van der Waals surface area contributed by atoms with E-state index in [-0.39, 0.29) is 0 Å². The predicted molar refractivity (Wildman–Crippen MR) is 191 cm³/mol. The molecule has 0 atom stereocenters. The summed E-state index contributed by atoms with van der Waals surface area (Å²) in [7, 11) is 0. The van der Waals surface area contributed by atoms with Crippen LogP contribution in [0.3, 0.4) is 0 Å². The van der Waals surface area contributed by atoms with Crippen LogP contribution in [0.15, 0.2) is 54.6 Å². The van der Waals surface area contributed by atoms with E-state index >= 15 is 0 Å². The highest BCUT2D eigenvalue weighted by Gasteiger charge is 1.99. The van der Waals surface area contributed by atoms with Gasteiger partial charge in [0, 0.05) is 0 Å². The van der Waals surface area contributed by atoms with Crippen molar-refractivity contribution in [3.8, 4) is 5.75 Å². The van der Waals surface area contributed by atoms with Gasteiger partial charge in [-0.15, -0.1) is 0 Å². The van der Waals surface area contributed by atoms with E-state index in [0.29, 0.717) is 177 Å². The van der Waals surface area contributed by atoms with Gasteiger partial charge < -0.3 is 67.3 Å². The van der Waals surface area contributed by atoms with Gasteiger partial charge in [-0.1, -0.05) is 42.5 Å². The summed E-state index contributed by atoms with van der Waals surface area (Å²) in [4.78, 5) is 0. The molecule has 0 saturated heterocycles. The molecular weight excluding hydrogens is 666 g/mol. The normalized spacial score (nSPS) is 11.4. The summed E-state index contributed by atoms with van der Waals surface area (Å²) in [6.45, 7) is 12.8. The zero-order chi connectivity index (χ0) is 36.0. The lowest BCUT2D eigenvalue weighted by molar-refractivity contribution is -0.0287. The van der Waals surface area contributed by atoms with E-state index in [1.165, 1.54) is 0 Å². The molecule has 0 fully saturated rings. The largest absolute Gasteiger partial charge is 0.489 e. The van der Waals surface area contributed by atoms with Gasteiger partial charge in [0.2, 0.25) is 0 Å². The van der Waals surface area contributed by atoms with E-state index in [4.69, 9.17) is 67.3 Å². The van der Waals surface area contributed by atoms with Crippen molar-refractivity contribution in [1.82, 2.24) is 0 Å². The van der Waals surface area contributed by atoms with Crippen LogP contribution >= 0.6 is 0 Å². The highest BCUT2D eigenvalue weighted by molar-refractivity contribution is 5.51. The van der Waals surface area contributed by atoms with Gasteiger partial charge in [-0.3, -0.25) is 0 Å². The van der Waals surface area contributed by atoms with Crippen LogP contribution in [0.4, 0.5) is 5.69 Å². The predicted octanol–water partition coefficient (Wildman–Crippen LogP) is 3.05. The van der Waals surface area contributed by atoms with Crippen molar-refractivity contribution in [3.05, 3.63) is 60.2 Å². The fraction of sp³-hybridized carbons (Fsp3) is 0.676. The fourth-order valence-electron chi connectivity index (χ4n) is 4.01. The molecule has 292 valence electrons. The molecule has 2 aromatic rings. The average Bonchev–Trinajstić information content (AvgIpc) is 3.15. The minimum absolute atomic E-state index is 0.436. The summed E-state index contributed by atoms with van der Waals surface area (Å²) in [6.07, 6.45) is 0. The Bertz CT molecular complexity index is 992. The van der Waals surface area contributed by atoms with E-state index in [1.54, 1.807) is 6.07 Å². The third-order valence-electron chi connectivity index (χ3n) is 6.61. The lowest BCUT2D eigenvalue weighted by Gasteiger charge is -2.10. The minimum atomic E-state index is 0.436. The molecule has 2 N–H and O–H groups in total.